The molecular formula is C11H11ClN2O. The molecule has 1 aromatic carbocycles. The summed E-state index contributed by atoms with van der Waals surface area (Å²) in [6.07, 6.45) is 2.41. The number of aromatic hydroxyl groups is 1. The van der Waals surface area contributed by atoms with Gasteiger partial charge in [0.25, 0.3) is 0 Å². The molecule has 0 aliphatic rings. The van der Waals surface area contributed by atoms with Crippen molar-refractivity contribution < 1.29 is 5.11 Å². The van der Waals surface area contributed by atoms with Gasteiger partial charge in [-0.05, 0) is 17.7 Å². The van der Waals surface area contributed by atoms with Crippen LogP contribution in [0.4, 0.5) is 0 Å². The molecule has 0 fully saturated rings. The van der Waals surface area contributed by atoms with Gasteiger partial charge in [0.15, 0.2) is 0 Å². The second kappa shape index (κ2) is 3.95. The Labute approximate surface area is 92.9 Å². The molecule has 3 nitrogen and oxygen atoms in total. The van der Waals surface area contributed by atoms with Gasteiger partial charge in [0, 0.05) is 25.4 Å². The van der Waals surface area contributed by atoms with Crippen molar-refractivity contribution in [2.75, 3.05) is 0 Å². The van der Waals surface area contributed by atoms with Crippen LogP contribution in [0.1, 0.15) is 11.3 Å². The average molecular weight is 223 g/mol. The lowest BCUT2D eigenvalue weighted by atomic mass is 10.1. The molecule has 1 heterocycles. The van der Waals surface area contributed by atoms with E-state index < -0.39 is 0 Å². The third-order valence-corrected chi connectivity index (χ3v) is 2.79. The lowest BCUT2D eigenvalue weighted by molar-refractivity contribution is 0.475. The summed E-state index contributed by atoms with van der Waals surface area (Å²) in [4.78, 5) is 0. The van der Waals surface area contributed by atoms with E-state index in [1.165, 1.54) is 0 Å². The van der Waals surface area contributed by atoms with Crippen LogP contribution in [0, 0.1) is 0 Å². The van der Waals surface area contributed by atoms with Crippen molar-refractivity contribution in [3.05, 3.63) is 46.7 Å². The first-order valence-electron chi connectivity index (χ1n) is 4.61. The van der Waals surface area contributed by atoms with E-state index in [1.807, 2.05) is 19.2 Å². The Hall–Kier alpha value is -1.48. The summed E-state index contributed by atoms with van der Waals surface area (Å²) in [5.41, 5.74) is 1.96. The minimum atomic E-state index is 0.122. The minimum absolute atomic E-state index is 0.122. The maximum Gasteiger partial charge on any atom is 0.134 e. The molecule has 0 unspecified atom stereocenters. The largest absolute Gasteiger partial charge is 0.506 e. The van der Waals surface area contributed by atoms with Crippen molar-refractivity contribution in [3.8, 4) is 5.75 Å². The summed E-state index contributed by atoms with van der Waals surface area (Å²) in [5, 5.41) is 13.9. The van der Waals surface area contributed by atoms with Crippen LogP contribution < -0.4 is 0 Å². The number of benzene rings is 1. The topological polar surface area (TPSA) is 38.0 Å². The van der Waals surface area contributed by atoms with Crippen molar-refractivity contribution in [2.24, 2.45) is 7.05 Å². The zero-order valence-electron chi connectivity index (χ0n) is 8.31. The van der Waals surface area contributed by atoms with E-state index in [0.717, 1.165) is 11.3 Å². The van der Waals surface area contributed by atoms with Crippen molar-refractivity contribution in [1.29, 1.82) is 0 Å². The van der Waals surface area contributed by atoms with Crippen LogP contribution in [-0.4, -0.2) is 14.9 Å². The number of aryl methyl sites for hydroxylation is 1. The highest BCUT2D eigenvalue weighted by Crippen LogP contribution is 2.28. The van der Waals surface area contributed by atoms with Crippen LogP contribution in [0.25, 0.3) is 0 Å². The zero-order chi connectivity index (χ0) is 10.8. The third kappa shape index (κ3) is 1.97. The summed E-state index contributed by atoms with van der Waals surface area (Å²) < 4.78 is 1.79. The molecule has 0 radical (unpaired) electrons. The van der Waals surface area contributed by atoms with Crippen LogP contribution in [0.5, 0.6) is 5.75 Å². The highest BCUT2D eigenvalue weighted by Gasteiger charge is 2.07. The van der Waals surface area contributed by atoms with E-state index in [4.69, 9.17) is 11.6 Å². The monoisotopic (exact) mass is 222 g/mol. The number of halogens is 1. The molecule has 0 amide bonds. The predicted octanol–water partition coefficient (Wildman–Crippen LogP) is 2.37. The summed E-state index contributed by atoms with van der Waals surface area (Å²) >= 11 is 5.98. The normalized spacial score (nSPS) is 10.5. The molecule has 1 N–H and O–H groups in total. The van der Waals surface area contributed by atoms with Gasteiger partial charge in [-0.25, -0.2) is 0 Å². The number of aromatic nitrogens is 2. The van der Waals surface area contributed by atoms with Crippen molar-refractivity contribution in [1.82, 2.24) is 9.78 Å². The first kappa shape index (κ1) is 10.1. The van der Waals surface area contributed by atoms with E-state index in [9.17, 15) is 5.11 Å². The fraction of sp³-hybridized carbons (Fsp3) is 0.182. The molecule has 0 bridgehead atoms. The van der Waals surface area contributed by atoms with E-state index in [1.54, 1.807) is 23.0 Å². The van der Waals surface area contributed by atoms with Crippen LogP contribution in [0.15, 0.2) is 30.5 Å². The Morgan fingerprint density at radius 3 is 2.87 bits per heavy atom. The summed E-state index contributed by atoms with van der Waals surface area (Å²) in [6, 6.07) is 7.19. The Morgan fingerprint density at radius 2 is 2.20 bits per heavy atom. The molecule has 0 atom stereocenters. The fourth-order valence-corrected chi connectivity index (χ4v) is 1.67. The lowest BCUT2D eigenvalue weighted by Gasteiger charge is -2.05. The van der Waals surface area contributed by atoms with Crippen LogP contribution in [0.3, 0.4) is 0 Å². The average Bonchev–Trinajstić information content (AvgIpc) is 2.60. The molecule has 1 aromatic heterocycles. The Morgan fingerprint density at radius 1 is 1.40 bits per heavy atom. The van der Waals surface area contributed by atoms with E-state index >= 15 is 0 Å². The number of phenols is 1. The SMILES string of the molecule is Cn1nccc1Cc1cccc(O)c1Cl. The van der Waals surface area contributed by atoms with E-state index in [0.29, 0.717) is 11.4 Å². The molecule has 0 saturated carbocycles. The molecule has 15 heavy (non-hydrogen) atoms. The Kier molecular flexibility index (Phi) is 2.64. The highest BCUT2D eigenvalue weighted by molar-refractivity contribution is 6.32. The molecule has 2 aromatic rings. The molecule has 0 spiro atoms. The van der Waals surface area contributed by atoms with E-state index in [2.05, 4.69) is 5.10 Å². The molecule has 2 rings (SSSR count). The molecule has 0 aliphatic carbocycles. The summed E-state index contributed by atoms with van der Waals surface area (Å²) in [7, 11) is 1.88. The summed E-state index contributed by atoms with van der Waals surface area (Å²) in [6.45, 7) is 0. The molecule has 0 aliphatic heterocycles. The molecule has 4 heteroatoms. The molecular weight excluding hydrogens is 212 g/mol. The number of hydrogen-bond acceptors (Lipinski definition) is 2. The van der Waals surface area contributed by atoms with Gasteiger partial charge in [0.05, 0.1) is 5.02 Å². The molecule has 78 valence electrons. The quantitative estimate of drug-likeness (QED) is 0.847. The van der Waals surface area contributed by atoms with E-state index in [-0.39, 0.29) is 5.75 Å². The van der Waals surface area contributed by atoms with Crippen molar-refractivity contribution >= 4 is 11.6 Å². The van der Waals surface area contributed by atoms with Gasteiger partial charge in [-0.1, -0.05) is 23.7 Å². The first-order chi connectivity index (χ1) is 7.18. The predicted molar refractivity (Wildman–Crippen MR) is 59.1 cm³/mol. The number of hydrogen-bond donors (Lipinski definition) is 1. The highest BCUT2D eigenvalue weighted by atomic mass is 35.5. The number of phenolic OH excluding ortho intramolecular Hbond substituents is 1. The zero-order valence-corrected chi connectivity index (χ0v) is 9.07. The number of rotatable bonds is 2. The van der Waals surface area contributed by atoms with Crippen molar-refractivity contribution in [3.63, 3.8) is 0 Å². The van der Waals surface area contributed by atoms with Gasteiger partial charge in [0.2, 0.25) is 0 Å². The van der Waals surface area contributed by atoms with Gasteiger partial charge in [-0.2, -0.15) is 5.10 Å². The van der Waals surface area contributed by atoms with Gasteiger partial charge in [-0.15, -0.1) is 0 Å². The first-order valence-corrected chi connectivity index (χ1v) is 4.99. The van der Waals surface area contributed by atoms with Gasteiger partial charge in [0.1, 0.15) is 5.75 Å². The maximum absolute atomic E-state index is 9.44. The van der Waals surface area contributed by atoms with Gasteiger partial charge >= 0.3 is 0 Å². The smallest absolute Gasteiger partial charge is 0.134 e. The number of nitrogens with zero attached hydrogens (tertiary/aromatic N) is 2. The van der Waals surface area contributed by atoms with Gasteiger partial charge < -0.3 is 5.11 Å². The Bertz CT molecular complexity index is 479. The van der Waals surface area contributed by atoms with Gasteiger partial charge in [-0.3, -0.25) is 4.68 Å². The standard InChI is InChI=1S/C11H11ClN2O/c1-14-9(5-6-13-14)7-8-3-2-4-10(15)11(8)12/h2-6,15H,7H2,1H3. The van der Waals surface area contributed by atoms with Crippen molar-refractivity contribution in [2.45, 2.75) is 6.42 Å². The third-order valence-electron chi connectivity index (χ3n) is 2.35. The second-order valence-electron chi connectivity index (χ2n) is 3.37. The van der Waals surface area contributed by atoms with Crippen LogP contribution in [0.2, 0.25) is 5.02 Å². The fourth-order valence-electron chi connectivity index (χ4n) is 1.47. The molecule has 0 saturated heterocycles. The second-order valence-corrected chi connectivity index (χ2v) is 3.75. The minimum Gasteiger partial charge on any atom is -0.506 e. The lowest BCUT2D eigenvalue weighted by Crippen LogP contribution is -1.99. The van der Waals surface area contributed by atoms with Crippen LogP contribution >= 0.6 is 11.6 Å². The summed E-state index contributed by atoms with van der Waals surface area (Å²) in [5.74, 6) is 0.122. The van der Waals surface area contributed by atoms with Crippen LogP contribution in [-0.2, 0) is 13.5 Å². The maximum atomic E-state index is 9.44. The Balaban J connectivity index is 2.33.